The lowest BCUT2D eigenvalue weighted by molar-refractivity contribution is 0.216. The van der Waals surface area contributed by atoms with Crippen molar-refractivity contribution in [1.29, 1.82) is 5.26 Å². The number of nitrogens with zero attached hydrogens (tertiary/aromatic N) is 1. The van der Waals surface area contributed by atoms with E-state index in [2.05, 4.69) is 32.2 Å². The first kappa shape index (κ1) is 9.98. The minimum Gasteiger partial charge on any atom is -0.294 e. The first-order chi connectivity index (χ1) is 6.45. The van der Waals surface area contributed by atoms with Crippen LogP contribution in [0.2, 0.25) is 0 Å². The highest BCUT2D eigenvalue weighted by Gasteiger charge is 2.52. The minimum absolute atomic E-state index is 0.0558. The van der Waals surface area contributed by atoms with E-state index in [1.165, 1.54) is 19.3 Å². The van der Waals surface area contributed by atoms with Crippen LogP contribution in [0.25, 0.3) is 0 Å². The highest BCUT2D eigenvalue weighted by atomic mass is 15.1. The largest absolute Gasteiger partial charge is 0.294 e. The topological polar surface area (TPSA) is 35.8 Å². The first-order valence-corrected chi connectivity index (χ1v) is 5.66. The molecule has 2 nitrogen and oxygen atoms in total. The van der Waals surface area contributed by atoms with Gasteiger partial charge >= 0.3 is 0 Å². The van der Waals surface area contributed by atoms with Gasteiger partial charge < -0.3 is 0 Å². The zero-order valence-corrected chi connectivity index (χ0v) is 9.43. The van der Waals surface area contributed by atoms with Gasteiger partial charge in [0.15, 0.2) is 0 Å². The minimum atomic E-state index is -0.207. The van der Waals surface area contributed by atoms with Crippen LogP contribution in [0.5, 0.6) is 0 Å². The van der Waals surface area contributed by atoms with Gasteiger partial charge in [-0.1, -0.05) is 0 Å². The van der Waals surface area contributed by atoms with Gasteiger partial charge in [-0.15, -0.1) is 0 Å². The lowest BCUT2D eigenvalue weighted by Gasteiger charge is -2.38. The van der Waals surface area contributed by atoms with E-state index in [0.717, 1.165) is 12.3 Å². The van der Waals surface area contributed by atoms with Crippen molar-refractivity contribution in [2.24, 2.45) is 11.8 Å². The molecule has 0 spiro atoms. The molecule has 0 aliphatic heterocycles. The van der Waals surface area contributed by atoms with E-state index in [1.54, 1.807) is 0 Å². The Morgan fingerprint density at radius 3 is 2.43 bits per heavy atom. The van der Waals surface area contributed by atoms with Crippen LogP contribution in [-0.4, -0.2) is 11.1 Å². The number of nitriles is 1. The van der Waals surface area contributed by atoms with Gasteiger partial charge in [-0.25, -0.2) is 0 Å². The maximum absolute atomic E-state index is 9.39. The highest BCUT2D eigenvalue weighted by Crippen LogP contribution is 2.51. The van der Waals surface area contributed by atoms with Crippen molar-refractivity contribution >= 4 is 0 Å². The molecular formula is C12H20N2. The Morgan fingerprint density at radius 2 is 2.07 bits per heavy atom. The lowest BCUT2D eigenvalue weighted by atomic mass is 9.80. The molecule has 2 aliphatic carbocycles. The third-order valence-electron chi connectivity index (χ3n) is 3.65. The molecule has 2 aliphatic rings. The van der Waals surface area contributed by atoms with Gasteiger partial charge in [-0.3, -0.25) is 5.32 Å². The van der Waals surface area contributed by atoms with Crippen LogP contribution in [0.15, 0.2) is 0 Å². The molecule has 2 rings (SSSR count). The molecule has 2 bridgehead atoms. The maximum Gasteiger partial charge on any atom is 0.110 e. The van der Waals surface area contributed by atoms with Gasteiger partial charge in [0, 0.05) is 5.54 Å². The Hall–Kier alpha value is -0.550. The van der Waals surface area contributed by atoms with Crippen molar-refractivity contribution in [3.8, 4) is 6.07 Å². The van der Waals surface area contributed by atoms with Crippen LogP contribution >= 0.6 is 0 Å². The van der Waals surface area contributed by atoms with Crippen LogP contribution in [-0.2, 0) is 0 Å². The van der Waals surface area contributed by atoms with E-state index in [-0.39, 0.29) is 11.1 Å². The second kappa shape index (κ2) is 2.97. The lowest BCUT2D eigenvalue weighted by Crippen LogP contribution is -2.56. The quantitative estimate of drug-likeness (QED) is 0.692. The molecule has 0 aromatic rings. The average molecular weight is 192 g/mol. The van der Waals surface area contributed by atoms with Crippen molar-refractivity contribution in [2.45, 2.75) is 57.5 Å². The van der Waals surface area contributed by atoms with Crippen LogP contribution < -0.4 is 5.32 Å². The molecule has 14 heavy (non-hydrogen) atoms. The molecule has 0 radical (unpaired) electrons. The second-order valence-electron chi connectivity index (χ2n) is 6.04. The monoisotopic (exact) mass is 192 g/mol. The number of nitrogens with one attached hydrogen (secondary N) is 1. The summed E-state index contributed by atoms with van der Waals surface area (Å²) in [5, 5.41) is 12.9. The molecule has 78 valence electrons. The molecule has 0 heterocycles. The molecule has 0 saturated heterocycles. The third-order valence-corrected chi connectivity index (χ3v) is 3.65. The summed E-state index contributed by atoms with van der Waals surface area (Å²) in [6.45, 7) is 6.45. The standard InChI is InChI=1S/C12H20N2/c1-11(2,3)14-12(8-13)7-9-4-5-10(12)6-9/h9-10,14H,4-7H2,1-3H3/t9-,10+,12?/m0/s1. The summed E-state index contributed by atoms with van der Waals surface area (Å²) < 4.78 is 0. The van der Waals surface area contributed by atoms with E-state index >= 15 is 0 Å². The fraction of sp³-hybridized carbons (Fsp3) is 0.917. The Balaban J connectivity index is 2.17. The molecule has 0 aromatic heterocycles. The Kier molecular flexibility index (Phi) is 2.12. The van der Waals surface area contributed by atoms with Gasteiger partial charge in [-0.05, 0) is 58.3 Å². The molecule has 3 atom stereocenters. The van der Waals surface area contributed by atoms with E-state index in [4.69, 9.17) is 0 Å². The molecule has 2 heteroatoms. The summed E-state index contributed by atoms with van der Waals surface area (Å²) >= 11 is 0. The van der Waals surface area contributed by atoms with E-state index in [9.17, 15) is 5.26 Å². The van der Waals surface area contributed by atoms with Crippen molar-refractivity contribution in [1.82, 2.24) is 5.32 Å². The van der Waals surface area contributed by atoms with Gasteiger partial charge in [0.2, 0.25) is 0 Å². The van der Waals surface area contributed by atoms with E-state index in [0.29, 0.717) is 5.92 Å². The van der Waals surface area contributed by atoms with Gasteiger partial charge in [-0.2, -0.15) is 5.26 Å². The van der Waals surface area contributed by atoms with Gasteiger partial charge in [0.1, 0.15) is 5.54 Å². The van der Waals surface area contributed by atoms with E-state index < -0.39 is 0 Å². The predicted molar refractivity (Wildman–Crippen MR) is 56.7 cm³/mol. The molecule has 0 aromatic carbocycles. The Morgan fingerprint density at radius 1 is 1.36 bits per heavy atom. The average Bonchev–Trinajstić information content (AvgIpc) is 2.60. The molecule has 2 saturated carbocycles. The van der Waals surface area contributed by atoms with Crippen LogP contribution in [0.4, 0.5) is 0 Å². The summed E-state index contributed by atoms with van der Waals surface area (Å²) in [5.41, 5.74) is -0.151. The molecule has 1 unspecified atom stereocenters. The number of fused-ring (bicyclic) bond motifs is 2. The summed E-state index contributed by atoms with van der Waals surface area (Å²) in [4.78, 5) is 0. The fourth-order valence-electron chi connectivity index (χ4n) is 3.32. The number of hydrogen-bond donors (Lipinski definition) is 1. The SMILES string of the molecule is CC(C)(C)NC1(C#N)C[C@H]2CC[C@@H]1C2. The van der Waals surface area contributed by atoms with Crippen molar-refractivity contribution in [3.05, 3.63) is 0 Å². The third kappa shape index (κ3) is 1.54. The predicted octanol–water partition coefficient (Wildman–Crippen LogP) is 2.46. The zero-order valence-electron chi connectivity index (χ0n) is 9.43. The maximum atomic E-state index is 9.39. The van der Waals surface area contributed by atoms with Gasteiger partial charge in [0.05, 0.1) is 6.07 Å². The first-order valence-electron chi connectivity index (χ1n) is 5.66. The summed E-state index contributed by atoms with van der Waals surface area (Å²) in [5.74, 6) is 1.42. The summed E-state index contributed by atoms with van der Waals surface area (Å²) in [6, 6.07) is 2.55. The highest BCUT2D eigenvalue weighted by molar-refractivity contribution is 5.19. The zero-order chi connectivity index (χ0) is 10.4. The van der Waals surface area contributed by atoms with Crippen molar-refractivity contribution in [3.63, 3.8) is 0 Å². The Bertz CT molecular complexity index is 271. The molecular weight excluding hydrogens is 172 g/mol. The van der Waals surface area contributed by atoms with E-state index in [1.807, 2.05) is 0 Å². The smallest absolute Gasteiger partial charge is 0.110 e. The second-order valence-corrected chi connectivity index (χ2v) is 6.04. The van der Waals surface area contributed by atoms with Crippen LogP contribution in [0, 0.1) is 23.2 Å². The van der Waals surface area contributed by atoms with Crippen molar-refractivity contribution in [2.75, 3.05) is 0 Å². The number of hydrogen-bond acceptors (Lipinski definition) is 2. The van der Waals surface area contributed by atoms with Crippen molar-refractivity contribution < 1.29 is 0 Å². The van der Waals surface area contributed by atoms with Gasteiger partial charge in [0.25, 0.3) is 0 Å². The molecule has 1 N–H and O–H groups in total. The number of rotatable bonds is 1. The molecule has 0 amide bonds. The summed E-state index contributed by atoms with van der Waals surface area (Å²) in [6.07, 6.45) is 4.95. The van der Waals surface area contributed by atoms with Crippen LogP contribution in [0.3, 0.4) is 0 Å². The normalized spacial score (nSPS) is 41.3. The van der Waals surface area contributed by atoms with Crippen LogP contribution in [0.1, 0.15) is 46.5 Å². The Labute approximate surface area is 86.7 Å². The fourth-order valence-corrected chi connectivity index (χ4v) is 3.32. The molecule has 2 fully saturated rings. The summed E-state index contributed by atoms with van der Waals surface area (Å²) in [7, 11) is 0.